The van der Waals surface area contributed by atoms with E-state index in [1.165, 1.54) is 0 Å². The van der Waals surface area contributed by atoms with Gasteiger partial charge in [-0.2, -0.15) is 5.26 Å². The lowest BCUT2D eigenvalue weighted by atomic mass is 10.2. The minimum Gasteiger partial charge on any atom is -0.351 e. The van der Waals surface area contributed by atoms with Gasteiger partial charge in [-0.1, -0.05) is 18.2 Å². The number of para-hydroxylation sites is 1. The highest BCUT2D eigenvalue weighted by molar-refractivity contribution is 5.98. The number of nitrogens with zero attached hydrogens (tertiary/aromatic N) is 2. The number of carbonyl (C=O) groups excluding carboxylic acids is 1. The molecule has 0 spiro atoms. The molecule has 1 amide bonds. The van der Waals surface area contributed by atoms with Gasteiger partial charge in [0, 0.05) is 24.0 Å². The van der Waals surface area contributed by atoms with Crippen molar-refractivity contribution in [2.45, 2.75) is 13.8 Å². The van der Waals surface area contributed by atoms with Crippen LogP contribution in [-0.4, -0.2) is 28.9 Å². The molecule has 0 aliphatic heterocycles. The zero-order valence-electron chi connectivity index (χ0n) is 11.2. The lowest BCUT2D eigenvalue weighted by molar-refractivity contribution is 0.0748. The van der Waals surface area contributed by atoms with E-state index in [1.54, 1.807) is 4.90 Å². The number of nitrogens with one attached hydrogen (secondary N) is 1. The zero-order valence-corrected chi connectivity index (χ0v) is 11.2. The number of fused-ring (bicyclic) bond motifs is 1. The summed E-state index contributed by atoms with van der Waals surface area (Å²) in [5.41, 5.74) is 1.53. The van der Waals surface area contributed by atoms with Crippen LogP contribution in [0.1, 0.15) is 24.3 Å². The predicted octanol–water partition coefficient (Wildman–Crippen LogP) is 2.79. The van der Waals surface area contributed by atoms with E-state index in [4.69, 9.17) is 5.26 Å². The number of amides is 1. The van der Waals surface area contributed by atoms with E-state index in [1.807, 2.05) is 44.2 Å². The number of aromatic amines is 1. The number of H-pyrrole nitrogens is 1. The van der Waals surface area contributed by atoms with Crippen LogP contribution >= 0.6 is 0 Å². The van der Waals surface area contributed by atoms with Gasteiger partial charge in [-0.15, -0.1) is 0 Å². The van der Waals surface area contributed by atoms with Gasteiger partial charge in [0.1, 0.15) is 5.69 Å². The Bertz CT molecular complexity index is 591. The van der Waals surface area contributed by atoms with Crippen LogP contribution in [0.3, 0.4) is 0 Å². The van der Waals surface area contributed by atoms with Crippen molar-refractivity contribution in [2.24, 2.45) is 5.92 Å². The Morgan fingerprint density at radius 2 is 2.21 bits per heavy atom. The first-order valence-corrected chi connectivity index (χ1v) is 6.42. The molecule has 0 saturated carbocycles. The highest BCUT2D eigenvalue weighted by Gasteiger charge is 2.18. The van der Waals surface area contributed by atoms with Crippen LogP contribution in [0.15, 0.2) is 30.3 Å². The summed E-state index contributed by atoms with van der Waals surface area (Å²) in [7, 11) is 0. The standard InChI is InChI=1S/C15H17N3O/c1-3-18(10-11(2)9-16)15(19)14-8-12-6-4-5-7-13(12)17-14/h4-8,11,17H,3,10H2,1-2H3. The van der Waals surface area contributed by atoms with Crippen molar-refractivity contribution < 1.29 is 4.79 Å². The minimum atomic E-state index is -0.159. The van der Waals surface area contributed by atoms with Gasteiger partial charge in [-0.25, -0.2) is 0 Å². The van der Waals surface area contributed by atoms with Crippen LogP contribution in [0.5, 0.6) is 0 Å². The third-order valence-corrected chi connectivity index (χ3v) is 3.14. The van der Waals surface area contributed by atoms with E-state index >= 15 is 0 Å². The quantitative estimate of drug-likeness (QED) is 0.913. The van der Waals surface area contributed by atoms with Gasteiger partial charge in [-0.05, 0) is 26.0 Å². The van der Waals surface area contributed by atoms with E-state index in [0.717, 1.165) is 10.9 Å². The molecule has 0 fully saturated rings. The molecule has 4 heteroatoms. The maximum Gasteiger partial charge on any atom is 0.270 e. The fraction of sp³-hybridized carbons (Fsp3) is 0.333. The van der Waals surface area contributed by atoms with Crippen LogP contribution < -0.4 is 0 Å². The Balaban J connectivity index is 2.24. The van der Waals surface area contributed by atoms with Crippen molar-refractivity contribution >= 4 is 16.8 Å². The Labute approximate surface area is 112 Å². The first-order valence-electron chi connectivity index (χ1n) is 6.42. The van der Waals surface area contributed by atoms with E-state index in [-0.39, 0.29) is 11.8 Å². The fourth-order valence-corrected chi connectivity index (χ4v) is 2.09. The van der Waals surface area contributed by atoms with Crippen LogP contribution in [0, 0.1) is 17.2 Å². The number of hydrogen-bond acceptors (Lipinski definition) is 2. The number of benzene rings is 1. The molecule has 0 saturated heterocycles. The maximum absolute atomic E-state index is 12.4. The monoisotopic (exact) mass is 255 g/mol. The molecule has 98 valence electrons. The second-order valence-electron chi connectivity index (χ2n) is 4.64. The summed E-state index contributed by atoms with van der Waals surface area (Å²) < 4.78 is 0. The number of rotatable bonds is 4. The molecule has 1 unspecified atom stereocenters. The van der Waals surface area contributed by atoms with Gasteiger partial charge >= 0.3 is 0 Å². The first-order chi connectivity index (χ1) is 9.15. The van der Waals surface area contributed by atoms with Crippen LogP contribution in [0.25, 0.3) is 10.9 Å². The number of nitriles is 1. The van der Waals surface area contributed by atoms with E-state index < -0.39 is 0 Å². The topological polar surface area (TPSA) is 59.9 Å². The summed E-state index contributed by atoms with van der Waals surface area (Å²) in [5, 5.41) is 9.87. The normalized spacial score (nSPS) is 12.1. The van der Waals surface area contributed by atoms with Gasteiger partial charge in [0.05, 0.1) is 12.0 Å². The first kappa shape index (κ1) is 13.2. The van der Waals surface area contributed by atoms with Crippen molar-refractivity contribution in [3.05, 3.63) is 36.0 Å². The molecule has 1 aromatic heterocycles. The molecule has 1 atom stereocenters. The van der Waals surface area contributed by atoms with Crippen molar-refractivity contribution in [1.82, 2.24) is 9.88 Å². The molecular formula is C15H17N3O. The lowest BCUT2D eigenvalue weighted by Gasteiger charge is -2.21. The molecule has 2 aromatic rings. The maximum atomic E-state index is 12.4. The summed E-state index contributed by atoms with van der Waals surface area (Å²) >= 11 is 0. The Hall–Kier alpha value is -2.28. The molecule has 0 aliphatic carbocycles. The van der Waals surface area contributed by atoms with Gasteiger partial charge in [0.15, 0.2) is 0 Å². The second kappa shape index (κ2) is 5.57. The summed E-state index contributed by atoms with van der Waals surface area (Å²) in [4.78, 5) is 17.2. The second-order valence-corrected chi connectivity index (χ2v) is 4.64. The van der Waals surface area contributed by atoms with Crippen molar-refractivity contribution in [2.75, 3.05) is 13.1 Å². The summed E-state index contributed by atoms with van der Waals surface area (Å²) in [6.45, 7) is 4.80. The molecule has 0 bridgehead atoms. The molecule has 0 aliphatic rings. The summed E-state index contributed by atoms with van der Waals surface area (Å²) in [5.74, 6) is -0.214. The van der Waals surface area contributed by atoms with Gasteiger partial charge in [-0.3, -0.25) is 4.79 Å². The van der Waals surface area contributed by atoms with Crippen molar-refractivity contribution in [3.63, 3.8) is 0 Å². The average molecular weight is 255 g/mol. The third kappa shape index (κ3) is 2.76. The molecule has 1 heterocycles. The lowest BCUT2D eigenvalue weighted by Crippen LogP contribution is -2.34. The zero-order chi connectivity index (χ0) is 13.8. The minimum absolute atomic E-state index is 0.0548. The molecule has 1 N–H and O–H groups in total. The Morgan fingerprint density at radius 3 is 2.84 bits per heavy atom. The molecule has 0 radical (unpaired) electrons. The number of carbonyl (C=O) groups is 1. The number of aromatic nitrogens is 1. The average Bonchev–Trinajstić information content (AvgIpc) is 2.87. The molecular weight excluding hydrogens is 238 g/mol. The highest BCUT2D eigenvalue weighted by Crippen LogP contribution is 2.16. The van der Waals surface area contributed by atoms with Gasteiger partial charge < -0.3 is 9.88 Å². The SMILES string of the molecule is CCN(CC(C)C#N)C(=O)c1cc2ccccc2[nH]1. The van der Waals surface area contributed by atoms with Crippen LogP contribution in [0.2, 0.25) is 0 Å². The van der Waals surface area contributed by atoms with Crippen LogP contribution in [-0.2, 0) is 0 Å². The van der Waals surface area contributed by atoms with Gasteiger partial charge in [0.2, 0.25) is 0 Å². The number of hydrogen-bond donors (Lipinski definition) is 1. The summed E-state index contributed by atoms with van der Waals surface area (Å²) in [6, 6.07) is 11.8. The molecule has 1 aromatic carbocycles. The molecule has 2 rings (SSSR count). The van der Waals surface area contributed by atoms with Gasteiger partial charge in [0.25, 0.3) is 5.91 Å². The van der Waals surface area contributed by atoms with Crippen molar-refractivity contribution in [1.29, 1.82) is 5.26 Å². The summed E-state index contributed by atoms with van der Waals surface area (Å²) in [6.07, 6.45) is 0. The van der Waals surface area contributed by atoms with E-state index in [0.29, 0.717) is 18.8 Å². The molecule has 4 nitrogen and oxygen atoms in total. The Kier molecular flexibility index (Phi) is 3.86. The van der Waals surface area contributed by atoms with E-state index in [9.17, 15) is 4.79 Å². The van der Waals surface area contributed by atoms with Crippen LogP contribution in [0.4, 0.5) is 0 Å². The third-order valence-electron chi connectivity index (χ3n) is 3.14. The molecule has 19 heavy (non-hydrogen) atoms. The smallest absolute Gasteiger partial charge is 0.270 e. The largest absolute Gasteiger partial charge is 0.351 e. The van der Waals surface area contributed by atoms with Crippen molar-refractivity contribution in [3.8, 4) is 6.07 Å². The highest BCUT2D eigenvalue weighted by atomic mass is 16.2. The predicted molar refractivity (Wildman–Crippen MR) is 74.7 cm³/mol. The van der Waals surface area contributed by atoms with E-state index in [2.05, 4.69) is 11.1 Å². The fourth-order valence-electron chi connectivity index (χ4n) is 2.09. The Morgan fingerprint density at radius 1 is 1.47 bits per heavy atom.